The molecule has 2 heteroatoms. The molecule has 0 aromatic heterocycles. The second-order valence-electron chi connectivity index (χ2n) is 2.88. The van der Waals surface area contributed by atoms with E-state index in [4.69, 9.17) is 5.11 Å². The predicted molar refractivity (Wildman–Crippen MR) is 55.0 cm³/mol. The quantitative estimate of drug-likeness (QED) is 0.721. The summed E-state index contributed by atoms with van der Waals surface area (Å²) >= 11 is 0. The van der Waals surface area contributed by atoms with Crippen LogP contribution < -0.4 is 0 Å². The van der Waals surface area contributed by atoms with Crippen molar-refractivity contribution in [2.24, 2.45) is 0 Å². The molecular weight excluding hydrogens is 176 g/mol. The molecule has 0 aliphatic rings. The third kappa shape index (κ3) is 2.95. The van der Waals surface area contributed by atoms with Crippen molar-refractivity contribution in [1.82, 2.24) is 0 Å². The fourth-order valence-corrected chi connectivity index (χ4v) is 1.14. The molecule has 0 atom stereocenters. The van der Waals surface area contributed by atoms with Gasteiger partial charge in [-0.05, 0) is 11.6 Å². The monoisotopic (exact) mass is 188 g/mol. The van der Waals surface area contributed by atoms with Crippen molar-refractivity contribution in [3.63, 3.8) is 0 Å². The van der Waals surface area contributed by atoms with Gasteiger partial charge >= 0.3 is 5.97 Å². The Labute approximate surface area is 83.6 Å². The van der Waals surface area contributed by atoms with Gasteiger partial charge in [0.15, 0.2) is 0 Å². The number of carbonyl (C=O) groups is 1. The first-order valence-electron chi connectivity index (χ1n) is 4.52. The summed E-state index contributed by atoms with van der Waals surface area (Å²) in [5, 5.41) is 8.67. The fourth-order valence-electron chi connectivity index (χ4n) is 1.14. The summed E-state index contributed by atoms with van der Waals surface area (Å²) in [6.07, 6.45) is 0.815. The summed E-state index contributed by atoms with van der Waals surface area (Å²) < 4.78 is 0. The van der Waals surface area contributed by atoms with Crippen LogP contribution >= 0.6 is 0 Å². The summed E-state index contributed by atoms with van der Waals surface area (Å²) in [5.41, 5.74) is 1.60. The Morgan fingerprint density at radius 1 is 1.43 bits per heavy atom. The highest BCUT2D eigenvalue weighted by Gasteiger charge is 2.03. The fraction of sp³-hybridized carbons (Fsp3) is 0.250. The van der Waals surface area contributed by atoms with Crippen LogP contribution in [-0.2, 0) is 11.2 Å². The normalized spacial score (nSPS) is 8.93. The Morgan fingerprint density at radius 2 is 2.14 bits per heavy atom. The smallest absolute Gasteiger partial charge is 0.307 e. The average Bonchev–Trinajstić information content (AvgIpc) is 2.16. The first-order valence-corrected chi connectivity index (χ1v) is 4.52. The van der Waals surface area contributed by atoms with Gasteiger partial charge in [0.05, 0.1) is 6.42 Å². The molecule has 0 unspecified atom stereocenters. The minimum absolute atomic E-state index is 0.0363. The van der Waals surface area contributed by atoms with Crippen molar-refractivity contribution in [3.05, 3.63) is 35.4 Å². The zero-order chi connectivity index (χ0) is 10.4. The van der Waals surface area contributed by atoms with Crippen LogP contribution in [0.25, 0.3) is 0 Å². The molecule has 0 saturated heterocycles. The van der Waals surface area contributed by atoms with Gasteiger partial charge in [-0.3, -0.25) is 4.79 Å². The van der Waals surface area contributed by atoms with Crippen molar-refractivity contribution in [2.45, 2.75) is 19.8 Å². The maximum absolute atomic E-state index is 10.5. The van der Waals surface area contributed by atoms with Gasteiger partial charge in [-0.2, -0.15) is 0 Å². The highest BCUT2D eigenvalue weighted by Crippen LogP contribution is 2.08. The number of hydrogen-bond acceptors (Lipinski definition) is 1. The van der Waals surface area contributed by atoms with E-state index in [0.717, 1.165) is 17.5 Å². The Balaban J connectivity index is 2.96. The van der Waals surface area contributed by atoms with E-state index in [-0.39, 0.29) is 6.42 Å². The van der Waals surface area contributed by atoms with E-state index in [2.05, 4.69) is 11.8 Å². The van der Waals surface area contributed by atoms with Crippen molar-refractivity contribution in [1.29, 1.82) is 0 Å². The Morgan fingerprint density at radius 3 is 2.79 bits per heavy atom. The molecule has 1 aromatic carbocycles. The lowest BCUT2D eigenvalue weighted by molar-refractivity contribution is -0.136. The molecule has 0 radical (unpaired) electrons. The zero-order valence-electron chi connectivity index (χ0n) is 8.08. The molecule has 2 nitrogen and oxygen atoms in total. The number of carboxylic acid groups (broad SMARTS) is 1. The Hall–Kier alpha value is -1.75. The average molecular weight is 188 g/mol. The first kappa shape index (κ1) is 10.3. The summed E-state index contributed by atoms with van der Waals surface area (Å²) in [7, 11) is 0. The lowest BCUT2D eigenvalue weighted by atomic mass is 10.1. The van der Waals surface area contributed by atoms with Gasteiger partial charge in [-0.25, -0.2) is 0 Å². The van der Waals surface area contributed by atoms with Crippen LogP contribution in [0.1, 0.15) is 24.5 Å². The maximum Gasteiger partial charge on any atom is 0.307 e. The lowest BCUT2D eigenvalue weighted by Crippen LogP contribution is -2.01. The minimum Gasteiger partial charge on any atom is -0.481 e. The maximum atomic E-state index is 10.5. The topological polar surface area (TPSA) is 37.3 Å². The van der Waals surface area contributed by atoms with E-state index in [0.29, 0.717) is 0 Å². The minimum atomic E-state index is -0.823. The van der Waals surface area contributed by atoms with E-state index in [1.165, 1.54) is 0 Å². The first-order chi connectivity index (χ1) is 6.74. The largest absolute Gasteiger partial charge is 0.481 e. The summed E-state index contributed by atoms with van der Waals surface area (Å²) in [6, 6.07) is 7.34. The third-order valence-electron chi connectivity index (χ3n) is 1.76. The highest BCUT2D eigenvalue weighted by molar-refractivity contribution is 5.71. The Kier molecular flexibility index (Phi) is 3.75. The van der Waals surface area contributed by atoms with Crippen LogP contribution in [0.15, 0.2) is 24.3 Å². The summed E-state index contributed by atoms with van der Waals surface area (Å²) in [4.78, 5) is 10.5. The van der Waals surface area contributed by atoms with Gasteiger partial charge in [0, 0.05) is 12.0 Å². The predicted octanol–water partition coefficient (Wildman–Crippen LogP) is 2.08. The second-order valence-corrected chi connectivity index (χ2v) is 2.88. The molecule has 0 fully saturated rings. The van der Waals surface area contributed by atoms with Crippen LogP contribution in [0.4, 0.5) is 0 Å². The molecule has 0 heterocycles. The van der Waals surface area contributed by atoms with Gasteiger partial charge < -0.3 is 5.11 Å². The summed E-state index contributed by atoms with van der Waals surface area (Å²) in [6.45, 7) is 1.97. The van der Waals surface area contributed by atoms with E-state index in [1.54, 1.807) is 6.07 Å². The molecule has 1 N–H and O–H groups in total. The molecule has 0 aliphatic carbocycles. The number of rotatable bonds is 2. The van der Waals surface area contributed by atoms with Crippen molar-refractivity contribution in [2.75, 3.05) is 0 Å². The van der Waals surface area contributed by atoms with Gasteiger partial charge in [0.2, 0.25) is 0 Å². The SMILES string of the molecule is CCC#Cc1ccccc1CC(=O)O. The van der Waals surface area contributed by atoms with Crippen LogP contribution in [0, 0.1) is 11.8 Å². The number of hydrogen-bond donors (Lipinski definition) is 1. The number of benzene rings is 1. The molecule has 0 amide bonds. The van der Waals surface area contributed by atoms with Crippen molar-refractivity contribution in [3.8, 4) is 11.8 Å². The van der Waals surface area contributed by atoms with E-state index in [1.807, 2.05) is 25.1 Å². The standard InChI is InChI=1S/C12H12O2/c1-2-3-6-10-7-4-5-8-11(10)9-12(13)14/h4-5,7-8H,2,9H2,1H3,(H,13,14). The van der Waals surface area contributed by atoms with Crippen molar-refractivity contribution >= 4 is 5.97 Å². The van der Waals surface area contributed by atoms with Gasteiger partial charge in [-0.15, -0.1) is 0 Å². The highest BCUT2D eigenvalue weighted by atomic mass is 16.4. The molecule has 14 heavy (non-hydrogen) atoms. The Bertz CT molecular complexity index is 383. The van der Waals surface area contributed by atoms with E-state index in [9.17, 15) is 4.79 Å². The molecule has 0 saturated carbocycles. The van der Waals surface area contributed by atoms with Crippen LogP contribution in [0.3, 0.4) is 0 Å². The van der Waals surface area contributed by atoms with E-state index < -0.39 is 5.97 Å². The molecular formula is C12H12O2. The molecule has 72 valence electrons. The van der Waals surface area contributed by atoms with Gasteiger partial charge in [0.1, 0.15) is 0 Å². The van der Waals surface area contributed by atoms with Gasteiger partial charge in [0.25, 0.3) is 0 Å². The third-order valence-corrected chi connectivity index (χ3v) is 1.76. The second kappa shape index (κ2) is 5.08. The van der Waals surface area contributed by atoms with Crippen LogP contribution in [-0.4, -0.2) is 11.1 Å². The summed E-state index contributed by atoms with van der Waals surface area (Å²) in [5.74, 6) is 5.07. The lowest BCUT2D eigenvalue weighted by Gasteiger charge is -1.99. The molecule has 0 spiro atoms. The van der Waals surface area contributed by atoms with Crippen molar-refractivity contribution < 1.29 is 9.90 Å². The molecule has 0 aliphatic heterocycles. The van der Waals surface area contributed by atoms with Gasteiger partial charge in [-0.1, -0.05) is 37.0 Å². The molecule has 1 rings (SSSR count). The number of aliphatic carboxylic acids is 1. The zero-order valence-corrected chi connectivity index (χ0v) is 8.08. The molecule has 0 bridgehead atoms. The van der Waals surface area contributed by atoms with Crippen LogP contribution in [0.5, 0.6) is 0 Å². The number of carboxylic acids is 1. The van der Waals surface area contributed by atoms with Crippen LogP contribution in [0.2, 0.25) is 0 Å². The van der Waals surface area contributed by atoms with E-state index >= 15 is 0 Å². The molecule has 1 aromatic rings.